The van der Waals surface area contributed by atoms with Crippen LogP contribution in [0.5, 0.6) is 0 Å². The van der Waals surface area contributed by atoms with Crippen LogP contribution in [0, 0.1) is 11.3 Å². The number of nitrogens with one attached hydrogen (secondary N) is 1. The van der Waals surface area contributed by atoms with E-state index in [-0.39, 0.29) is 19.2 Å². The van der Waals surface area contributed by atoms with Crippen LogP contribution in [0.15, 0.2) is 24.3 Å². The van der Waals surface area contributed by atoms with E-state index in [2.05, 4.69) is 5.32 Å². The molecule has 0 aromatic heterocycles. The van der Waals surface area contributed by atoms with Crippen molar-refractivity contribution in [1.29, 1.82) is 5.26 Å². The average Bonchev–Trinajstić information content (AvgIpc) is 2.53. The normalized spacial score (nSPS) is 17.9. The molecule has 1 aliphatic heterocycles. The summed E-state index contributed by atoms with van der Waals surface area (Å²) in [7, 11) is 0. The van der Waals surface area contributed by atoms with Crippen molar-refractivity contribution in [2.24, 2.45) is 5.73 Å². The van der Waals surface area contributed by atoms with Gasteiger partial charge in [0.2, 0.25) is 5.91 Å². The lowest BCUT2D eigenvalue weighted by Crippen LogP contribution is -2.53. The molecule has 1 atom stereocenters. The predicted molar refractivity (Wildman–Crippen MR) is 73.9 cm³/mol. The fourth-order valence-electron chi connectivity index (χ4n) is 2.05. The van der Waals surface area contributed by atoms with E-state index in [9.17, 15) is 9.59 Å². The summed E-state index contributed by atoms with van der Waals surface area (Å²) in [5, 5.41) is 11.6. The molecular weight excluding hydrogens is 272 g/mol. The molecule has 1 aliphatic rings. The smallest absolute Gasteiger partial charge is 0.317 e. The molecule has 21 heavy (non-hydrogen) atoms. The van der Waals surface area contributed by atoms with Crippen LogP contribution in [-0.4, -0.2) is 42.6 Å². The van der Waals surface area contributed by atoms with Crippen molar-refractivity contribution >= 4 is 11.9 Å². The molecule has 1 fully saturated rings. The number of carbonyl (C=O) groups excluding carboxylic acids is 2. The molecule has 1 aromatic rings. The predicted octanol–water partition coefficient (Wildman–Crippen LogP) is -0.0460. The topological polar surface area (TPSA) is 108 Å². The third-order valence-electron chi connectivity index (χ3n) is 3.17. The lowest BCUT2D eigenvalue weighted by molar-refractivity contribution is -0.133. The molecule has 1 unspecified atom stereocenters. The number of nitrogens with zero attached hydrogens (tertiary/aromatic N) is 2. The fraction of sp³-hybridized carbons (Fsp3) is 0.357. The molecule has 3 amide bonds. The summed E-state index contributed by atoms with van der Waals surface area (Å²) in [5.74, 6) is -0.575. The van der Waals surface area contributed by atoms with E-state index >= 15 is 0 Å². The number of primary amides is 1. The summed E-state index contributed by atoms with van der Waals surface area (Å²) in [5.41, 5.74) is 6.55. The van der Waals surface area contributed by atoms with Crippen LogP contribution in [0.2, 0.25) is 0 Å². The molecule has 0 spiro atoms. The van der Waals surface area contributed by atoms with Crippen molar-refractivity contribution < 1.29 is 14.3 Å². The maximum atomic E-state index is 12.0. The highest BCUT2D eigenvalue weighted by Crippen LogP contribution is 2.07. The molecule has 0 saturated carbocycles. The van der Waals surface area contributed by atoms with Gasteiger partial charge >= 0.3 is 6.03 Å². The van der Waals surface area contributed by atoms with Crippen molar-refractivity contribution in [3.63, 3.8) is 0 Å². The van der Waals surface area contributed by atoms with E-state index < -0.39 is 12.0 Å². The molecule has 0 aliphatic carbocycles. The summed E-state index contributed by atoms with van der Waals surface area (Å²) < 4.78 is 5.18. The summed E-state index contributed by atoms with van der Waals surface area (Å²) in [4.78, 5) is 24.6. The molecule has 110 valence electrons. The molecule has 1 heterocycles. The van der Waals surface area contributed by atoms with Gasteiger partial charge in [0, 0.05) is 13.1 Å². The first kappa shape index (κ1) is 14.8. The van der Waals surface area contributed by atoms with Gasteiger partial charge in [-0.05, 0) is 17.7 Å². The Morgan fingerprint density at radius 1 is 1.52 bits per heavy atom. The van der Waals surface area contributed by atoms with Crippen LogP contribution in [0.3, 0.4) is 0 Å². The minimum atomic E-state index is -0.758. The van der Waals surface area contributed by atoms with Crippen molar-refractivity contribution in [3.8, 4) is 6.07 Å². The summed E-state index contributed by atoms with van der Waals surface area (Å²) in [6.45, 7) is 1.16. The number of benzene rings is 1. The van der Waals surface area contributed by atoms with Gasteiger partial charge in [0.1, 0.15) is 0 Å². The van der Waals surface area contributed by atoms with Crippen LogP contribution in [0.25, 0.3) is 0 Å². The zero-order valence-corrected chi connectivity index (χ0v) is 11.4. The number of ether oxygens (including phenoxy) is 1. The standard InChI is InChI=1S/C14H16N4O3/c15-7-10-2-1-3-11(6-10)8-17-14(20)18-4-5-21-12(9-18)13(16)19/h1-3,6,12H,4-5,8-9H2,(H2,16,19)(H,17,20). The first-order valence-electron chi connectivity index (χ1n) is 6.53. The van der Waals surface area contributed by atoms with E-state index in [0.29, 0.717) is 18.7 Å². The van der Waals surface area contributed by atoms with Gasteiger partial charge in [-0.15, -0.1) is 0 Å². The van der Waals surface area contributed by atoms with E-state index in [1.165, 1.54) is 4.90 Å². The van der Waals surface area contributed by atoms with Gasteiger partial charge in [-0.2, -0.15) is 5.26 Å². The number of amides is 3. The Morgan fingerprint density at radius 3 is 3.05 bits per heavy atom. The van der Waals surface area contributed by atoms with Crippen LogP contribution in [0.1, 0.15) is 11.1 Å². The Labute approximate surface area is 122 Å². The van der Waals surface area contributed by atoms with Gasteiger partial charge in [0.15, 0.2) is 6.10 Å². The number of rotatable bonds is 3. The van der Waals surface area contributed by atoms with Crippen LogP contribution < -0.4 is 11.1 Å². The number of morpholine rings is 1. The van der Waals surface area contributed by atoms with Gasteiger partial charge in [-0.25, -0.2) is 4.79 Å². The van der Waals surface area contributed by atoms with Crippen molar-refractivity contribution in [3.05, 3.63) is 35.4 Å². The summed E-state index contributed by atoms with van der Waals surface area (Å²) in [6.07, 6.45) is -0.758. The van der Waals surface area contributed by atoms with E-state index in [1.54, 1.807) is 18.2 Å². The zero-order valence-electron chi connectivity index (χ0n) is 11.4. The molecule has 1 aromatic carbocycles. The molecule has 1 saturated heterocycles. The second-order valence-electron chi connectivity index (χ2n) is 4.68. The van der Waals surface area contributed by atoms with E-state index in [4.69, 9.17) is 15.7 Å². The van der Waals surface area contributed by atoms with Gasteiger partial charge in [-0.1, -0.05) is 12.1 Å². The van der Waals surface area contributed by atoms with Gasteiger partial charge in [0.05, 0.1) is 24.8 Å². The fourth-order valence-corrected chi connectivity index (χ4v) is 2.05. The molecular formula is C14H16N4O3. The lowest BCUT2D eigenvalue weighted by Gasteiger charge is -2.31. The number of hydrogen-bond acceptors (Lipinski definition) is 4. The maximum absolute atomic E-state index is 12.0. The Bertz CT molecular complexity index is 582. The van der Waals surface area contributed by atoms with Crippen LogP contribution >= 0.6 is 0 Å². The number of nitrogens with two attached hydrogens (primary N) is 1. The highest BCUT2D eigenvalue weighted by Gasteiger charge is 2.27. The molecule has 3 N–H and O–H groups in total. The quantitative estimate of drug-likeness (QED) is 0.813. The highest BCUT2D eigenvalue weighted by atomic mass is 16.5. The zero-order chi connectivity index (χ0) is 15.2. The number of carbonyl (C=O) groups is 2. The molecule has 7 nitrogen and oxygen atoms in total. The average molecular weight is 288 g/mol. The molecule has 0 radical (unpaired) electrons. The third kappa shape index (κ3) is 3.94. The van der Waals surface area contributed by atoms with Gasteiger partial charge < -0.3 is 20.7 Å². The lowest BCUT2D eigenvalue weighted by atomic mass is 10.1. The third-order valence-corrected chi connectivity index (χ3v) is 3.17. The molecule has 7 heteroatoms. The first-order valence-corrected chi connectivity index (χ1v) is 6.53. The Hall–Kier alpha value is -2.59. The summed E-state index contributed by atoms with van der Waals surface area (Å²) in [6, 6.07) is 8.76. The Morgan fingerprint density at radius 2 is 2.33 bits per heavy atom. The van der Waals surface area contributed by atoms with Crippen molar-refractivity contribution in [2.75, 3.05) is 19.7 Å². The van der Waals surface area contributed by atoms with E-state index in [1.807, 2.05) is 12.1 Å². The SMILES string of the molecule is N#Cc1cccc(CNC(=O)N2CCOC(C(N)=O)C2)c1. The van der Waals surface area contributed by atoms with Crippen molar-refractivity contribution in [2.45, 2.75) is 12.6 Å². The second-order valence-corrected chi connectivity index (χ2v) is 4.68. The Kier molecular flexibility index (Phi) is 4.74. The van der Waals surface area contributed by atoms with Crippen LogP contribution in [0.4, 0.5) is 4.79 Å². The van der Waals surface area contributed by atoms with Gasteiger partial charge in [0.25, 0.3) is 0 Å². The molecule has 0 bridgehead atoms. The Balaban J connectivity index is 1.89. The monoisotopic (exact) mass is 288 g/mol. The largest absolute Gasteiger partial charge is 0.367 e. The second kappa shape index (κ2) is 6.72. The maximum Gasteiger partial charge on any atom is 0.317 e. The van der Waals surface area contributed by atoms with Crippen LogP contribution in [-0.2, 0) is 16.1 Å². The minimum absolute atomic E-state index is 0.152. The van der Waals surface area contributed by atoms with E-state index in [0.717, 1.165) is 5.56 Å². The number of urea groups is 1. The first-order chi connectivity index (χ1) is 10.1. The number of hydrogen-bond donors (Lipinski definition) is 2. The van der Waals surface area contributed by atoms with Crippen molar-refractivity contribution in [1.82, 2.24) is 10.2 Å². The number of nitriles is 1. The van der Waals surface area contributed by atoms with Gasteiger partial charge in [-0.3, -0.25) is 4.79 Å². The minimum Gasteiger partial charge on any atom is -0.367 e. The highest BCUT2D eigenvalue weighted by molar-refractivity contribution is 5.81. The molecule has 2 rings (SSSR count). The summed E-state index contributed by atoms with van der Waals surface area (Å²) >= 11 is 0.